The third kappa shape index (κ3) is 23.3. The van der Waals surface area contributed by atoms with Crippen LogP contribution in [0.25, 0.3) is 0 Å². The molecule has 8 N–H and O–H groups in total. The van der Waals surface area contributed by atoms with Crippen LogP contribution in [0.3, 0.4) is 0 Å². The Morgan fingerprint density at radius 3 is 2.02 bits per heavy atom. The standard InChI is InChI=1S/C54H75N13O11.C2HF3O2/c1-64(2)28-8-6-12-44(55)53(71)57-34-40-35-66(63-60-40)30-10-11-31-76-36-49-50(68)51(69)52(70)54(78-49)77-43-23-13-37(14-24-43)25-27-56-26-7-9-29-65(3)41-19-15-38(16-20-41)58-61-45-32-48(75-5)46(33-47(45)74-4)62-59-39-17-21-42(22-18-39)67(72)73;3-2(4,5)1(6)7/h13-24,32-33,35,44,49-52,54,56,68-70H,6-12,25-31,34,36,55H2,1-5H3,(H,57,71);(H,6,7)/t44-,49+,50+,51-,52+,54+;/m0./s1. The number of nitro benzene ring substituents is 1. The predicted octanol–water partition coefficient (Wildman–Crippen LogP) is 7.08. The molecule has 1 saturated heterocycles. The van der Waals surface area contributed by atoms with Crippen LogP contribution in [0.5, 0.6) is 17.2 Å². The van der Waals surface area contributed by atoms with Crippen molar-refractivity contribution >= 4 is 46.0 Å². The molecule has 0 bridgehead atoms. The summed E-state index contributed by atoms with van der Waals surface area (Å²) < 4.78 is 62.1. The van der Waals surface area contributed by atoms with Crippen molar-refractivity contribution in [3.63, 3.8) is 0 Å². The van der Waals surface area contributed by atoms with E-state index in [9.17, 15) is 43.4 Å². The van der Waals surface area contributed by atoms with Crippen molar-refractivity contribution in [1.29, 1.82) is 0 Å². The summed E-state index contributed by atoms with van der Waals surface area (Å²) in [6, 6.07) is 23.7. The molecular weight excluding hydrogens is 1120 g/mol. The molecule has 0 radical (unpaired) electrons. The van der Waals surface area contributed by atoms with Gasteiger partial charge in [-0.05, 0) is 133 Å². The Morgan fingerprint density at radius 2 is 1.44 bits per heavy atom. The minimum atomic E-state index is -5.08. The number of carbonyl (C=O) groups is 2. The molecule has 2 heterocycles. The Bertz CT molecular complexity index is 2890. The molecule has 0 aliphatic carbocycles. The molecule has 6 atom stereocenters. The van der Waals surface area contributed by atoms with Crippen LogP contribution in [0.2, 0.25) is 0 Å². The molecule has 1 aliphatic rings. The fourth-order valence-corrected chi connectivity index (χ4v) is 8.20. The molecule has 5 aromatic rings. The van der Waals surface area contributed by atoms with Crippen molar-refractivity contribution in [1.82, 2.24) is 30.5 Å². The summed E-state index contributed by atoms with van der Waals surface area (Å²) in [4.78, 5) is 36.1. The van der Waals surface area contributed by atoms with Crippen molar-refractivity contribution in [2.45, 2.75) is 107 Å². The van der Waals surface area contributed by atoms with Gasteiger partial charge in [0.1, 0.15) is 58.7 Å². The van der Waals surface area contributed by atoms with E-state index >= 15 is 0 Å². The number of halogens is 3. The normalized spacial score (nSPS) is 17.4. The maximum atomic E-state index is 12.4. The number of hydrogen-bond donors (Lipinski definition) is 7. The van der Waals surface area contributed by atoms with Crippen LogP contribution < -0.4 is 35.5 Å². The first kappa shape index (κ1) is 68.0. The summed E-state index contributed by atoms with van der Waals surface area (Å²) in [6.45, 7) is 4.67. The number of anilines is 1. The molecule has 1 aromatic heterocycles. The van der Waals surface area contributed by atoms with Gasteiger partial charge in [0.25, 0.3) is 5.69 Å². The number of rotatable bonds is 33. The molecule has 0 spiro atoms. The predicted molar refractivity (Wildman–Crippen MR) is 306 cm³/mol. The van der Waals surface area contributed by atoms with E-state index in [1.54, 1.807) is 35.1 Å². The number of aromatic nitrogens is 3. The number of alkyl halides is 3. The summed E-state index contributed by atoms with van der Waals surface area (Å²) in [5, 5.41) is 81.9. The summed E-state index contributed by atoms with van der Waals surface area (Å²) in [5.74, 6) is -1.71. The van der Waals surface area contributed by atoms with E-state index in [1.165, 1.54) is 38.5 Å². The van der Waals surface area contributed by atoms with Gasteiger partial charge in [-0.25, -0.2) is 4.79 Å². The van der Waals surface area contributed by atoms with E-state index < -0.39 is 53.8 Å². The van der Waals surface area contributed by atoms with Crippen LogP contribution in [0.1, 0.15) is 56.2 Å². The zero-order chi connectivity index (χ0) is 61.9. The number of methoxy groups -OCH3 is 2. The molecule has 1 amide bonds. The van der Waals surface area contributed by atoms with Crippen LogP contribution in [-0.4, -0.2) is 175 Å². The van der Waals surface area contributed by atoms with E-state index in [-0.39, 0.29) is 24.7 Å². The molecule has 26 nitrogen and oxygen atoms in total. The van der Waals surface area contributed by atoms with Gasteiger partial charge in [-0.1, -0.05) is 23.8 Å². The number of nitro groups is 1. The highest BCUT2D eigenvalue weighted by molar-refractivity contribution is 5.81. The number of aliphatic hydroxyl groups is 3. The van der Waals surface area contributed by atoms with E-state index in [4.69, 9.17) is 39.3 Å². The highest BCUT2D eigenvalue weighted by Gasteiger charge is 2.45. The molecule has 464 valence electrons. The van der Waals surface area contributed by atoms with E-state index in [0.717, 1.165) is 76.0 Å². The largest absolute Gasteiger partial charge is 0.494 e. The number of nitrogens with zero attached hydrogens (tertiary/aromatic N) is 10. The van der Waals surface area contributed by atoms with Crippen molar-refractivity contribution < 1.29 is 71.8 Å². The summed E-state index contributed by atoms with van der Waals surface area (Å²) >= 11 is 0. The quantitative estimate of drug-likeness (QED) is 0.00955. The van der Waals surface area contributed by atoms with Crippen molar-refractivity contribution in [3.8, 4) is 17.2 Å². The Morgan fingerprint density at radius 1 is 0.824 bits per heavy atom. The fourth-order valence-electron chi connectivity index (χ4n) is 8.20. The Labute approximate surface area is 489 Å². The number of amides is 1. The minimum Gasteiger partial charge on any atom is -0.494 e. The zero-order valence-electron chi connectivity index (χ0n) is 48.1. The molecule has 1 aliphatic heterocycles. The molecule has 0 unspecified atom stereocenters. The number of non-ortho nitro benzene ring substituents is 1. The van der Waals surface area contributed by atoms with Crippen LogP contribution in [-0.2, 0) is 38.6 Å². The van der Waals surface area contributed by atoms with Crippen LogP contribution in [0.4, 0.5) is 47.3 Å². The number of hydrogen-bond acceptors (Lipinski definition) is 22. The summed E-state index contributed by atoms with van der Waals surface area (Å²) in [7, 11) is 9.10. The monoisotopic (exact) mass is 1200 g/mol. The van der Waals surface area contributed by atoms with Gasteiger partial charge in [-0.15, -0.1) is 15.3 Å². The topological polar surface area (TPSA) is 341 Å². The van der Waals surface area contributed by atoms with Gasteiger partial charge in [0.05, 0.1) is 55.9 Å². The van der Waals surface area contributed by atoms with Crippen molar-refractivity contribution in [3.05, 3.63) is 112 Å². The highest BCUT2D eigenvalue weighted by Crippen LogP contribution is 2.41. The Balaban J connectivity index is 0.00000177. The number of aliphatic hydroxyl groups excluding tert-OH is 3. The van der Waals surface area contributed by atoms with Gasteiger partial charge < -0.3 is 70.3 Å². The van der Waals surface area contributed by atoms with Crippen molar-refractivity contribution in [2.75, 3.05) is 79.7 Å². The van der Waals surface area contributed by atoms with Gasteiger partial charge in [-0.2, -0.15) is 23.4 Å². The Kier molecular flexibility index (Phi) is 27.9. The maximum absolute atomic E-state index is 12.4. The van der Waals surface area contributed by atoms with Crippen LogP contribution in [0.15, 0.2) is 112 Å². The minimum absolute atomic E-state index is 0.0110. The van der Waals surface area contributed by atoms with Crippen LogP contribution in [0, 0.1) is 10.1 Å². The lowest BCUT2D eigenvalue weighted by Crippen LogP contribution is -2.60. The Hall–Kier alpha value is -7.77. The second kappa shape index (κ2) is 34.9. The fraction of sp³-hybridized carbons (Fsp3) is 0.500. The van der Waals surface area contributed by atoms with Crippen molar-refractivity contribution in [2.24, 2.45) is 26.2 Å². The molecule has 6 rings (SSSR count). The number of unbranched alkanes of at least 4 members (excludes halogenated alkanes) is 3. The van der Waals surface area contributed by atoms with Crippen LogP contribution >= 0.6 is 0 Å². The average molecular weight is 1200 g/mol. The maximum Gasteiger partial charge on any atom is 0.490 e. The molecule has 1 fully saturated rings. The number of benzene rings is 4. The molecular formula is C56H76F3N13O13. The lowest BCUT2D eigenvalue weighted by atomic mass is 9.99. The molecule has 85 heavy (non-hydrogen) atoms. The lowest BCUT2D eigenvalue weighted by Gasteiger charge is -2.40. The number of nitrogens with one attached hydrogen (secondary N) is 2. The first-order chi connectivity index (χ1) is 40.6. The molecule has 29 heteroatoms. The smallest absolute Gasteiger partial charge is 0.490 e. The van der Waals surface area contributed by atoms with Gasteiger partial charge in [-0.3, -0.25) is 19.6 Å². The van der Waals surface area contributed by atoms with E-state index in [2.05, 4.69) is 58.3 Å². The lowest BCUT2D eigenvalue weighted by molar-refractivity contribution is -0.384. The summed E-state index contributed by atoms with van der Waals surface area (Å²) in [6.07, 6.45) is -3.08. The molecule has 0 saturated carbocycles. The van der Waals surface area contributed by atoms with Gasteiger partial charge in [0.15, 0.2) is 0 Å². The average Bonchev–Trinajstić information content (AvgIpc) is 3.94. The summed E-state index contributed by atoms with van der Waals surface area (Å²) in [5.41, 5.74) is 10.7. The molecule has 4 aromatic carbocycles. The van der Waals surface area contributed by atoms with E-state index in [1.807, 2.05) is 50.5 Å². The number of ether oxygens (including phenoxy) is 5. The van der Waals surface area contributed by atoms with Gasteiger partial charge >= 0.3 is 12.1 Å². The number of azo groups is 2. The number of carboxylic acids is 1. The number of nitrogens with two attached hydrogens (primary N) is 1. The second-order valence-corrected chi connectivity index (χ2v) is 20.0. The van der Waals surface area contributed by atoms with Gasteiger partial charge in [0.2, 0.25) is 12.2 Å². The van der Waals surface area contributed by atoms with Gasteiger partial charge in [0, 0.05) is 56.7 Å². The number of carbonyl (C=O) groups excluding carboxylic acids is 1. The third-order valence-electron chi connectivity index (χ3n) is 13.1. The first-order valence-electron chi connectivity index (χ1n) is 27.4. The zero-order valence-corrected chi connectivity index (χ0v) is 48.1. The number of aliphatic carboxylic acids is 1. The third-order valence-corrected chi connectivity index (χ3v) is 13.1. The number of carboxylic acid groups (broad SMARTS) is 1. The SMILES string of the molecule is COc1cc(N=Nc2ccc([N+](=O)[O-])cc2)c(OC)cc1N=Nc1ccc(N(C)CCCCNCCc2ccc(O[C@@H]3O[C@H](COCCCCn4cc(CNC(=O)[C@@H](N)CCCCN(C)C)nn4)[C@@H](O)[C@H](O)[C@H]3O)cc2)cc1.O=C(O)C(F)(F)F. The second-order valence-electron chi connectivity index (χ2n) is 20.0. The highest BCUT2D eigenvalue weighted by atomic mass is 19.4. The van der Waals surface area contributed by atoms with E-state index in [0.29, 0.717) is 71.7 Å². The number of aryl methyl sites for hydroxylation is 1. The first-order valence-corrected chi connectivity index (χ1v) is 27.4.